The highest BCUT2D eigenvalue weighted by Crippen LogP contribution is 2.41. The summed E-state index contributed by atoms with van der Waals surface area (Å²) >= 11 is 5.04. The molecule has 0 radical (unpaired) electrons. The Morgan fingerprint density at radius 3 is 3.04 bits per heavy atom. The molecule has 1 aromatic heterocycles. The Morgan fingerprint density at radius 2 is 2.26 bits per heavy atom. The molecule has 1 aromatic carbocycles. The van der Waals surface area contributed by atoms with Gasteiger partial charge in [-0.05, 0) is 31.0 Å². The van der Waals surface area contributed by atoms with Gasteiger partial charge >= 0.3 is 0 Å². The lowest BCUT2D eigenvalue weighted by molar-refractivity contribution is 0.201. The minimum atomic E-state index is 0.283. The van der Waals surface area contributed by atoms with Crippen LogP contribution in [0.25, 0.3) is 0 Å². The van der Waals surface area contributed by atoms with Gasteiger partial charge in [0.1, 0.15) is 11.6 Å². The summed E-state index contributed by atoms with van der Waals surface area (Å²) in [5.41, 5.74) is 1.20. The fourth-order valence-corrected chi connectivity index (χ4v) is 4.11. The standard InChI is InChI=1S/C16H20BrN3O2S/c1-21-9-7-15-18-16(23-19-15)20-8-3-4-13(20)12-10-11(17)5-6-14(12)22-2/h5-6,10,13H,3-4,7-9H2,1-2H3. The van der Waals surface area contributed by atoms with Crippen molar-refractivity contribution in [3.05, 3.63) is 34.1 Å². The van der Waals surface area contributed by atoms with Crippen LogP contribution in [0.4, 0.5) is 5.13 Å². The molecule has 0 spiro atoms. The van der Waals surface area contributed by atoms with Crippen molar-refractivity contribution in [1.29, 1.82) is 0 Å². The largest absolute Gasteiger partial charge is 0.496 e. The SMILES string of the molecule is COCCc1nsc(N2CCCC2c2cc(Br)ccc2OC)n1. The highest BCUT2D eigenvalue weighted by Gasteiger charge is 2.30. The van der Waals surface area contributed by atoms with E-state index >= 15 is 0 Å². The second kappa shape index (κ2) is 7.59. The smallest absolute Gasteiger partial charge is 0.205 e. The molecule has 0 aliphatic carbocycles. The quantitative estimate of drug-likeness (QED) is 0.740. The first-order valence-electron chi connectivity index (χ1n) is 7.64. The molecule has 1 aliphatic heterocycles. The third-order valence-electron chi connectivity index (χ3n) is 4.04. The number of hydrogen-bond donors (Lipinski definition) is 0. The van der Waals surface area contributed by atoms with Gasteiger partial charge in [-0.1, -0.05) is 15.9 Å². The fourth-order valence-electron chi connectivity index (χ4n) is 2.94. The van der Waals surface area contributed by atoms with Crippen molar-refractivity contribution >= 4 is 32.6 Å². The van der Waals surface area contributed by atoms with Gasteiger partial charge in [-0.2, -0.15) is 4.37 Å². The molecule has 0 N–H and O–H groups in total. The Balaban J connectivity index is 1.85. The molecule has 1 saturated heterocycles. The van der Waals surface area contributed by atoms with Crippen molar-refractivity contribution in [2.75, 3.05) is 32.3 Å². The molecule has 2 heterocycles. The highest BCUT2D eigenvalue weighted by atomic mass is 79.9. The minimum absolute atomic E-state index is 0.283. The first kappa shape index (κ1) is 16.7. The van der Waals surface area contributed by atoms with E-state index in [0.717, 1.165) is 47.0 Å². The van der Waals surface area contributed by atoms with Crippen LogP contribution < -0.4 is 9.64 Å². The number of halogens is 1. The number of anilines is 1. The Morgan fingerprint density at radius 1 is 1.39 bits per heavy atom. The molecular weight excluding hydrogens is 378 g/mol. The zero-order valence-electron chi connectivity index (χ0n) is 13.3. The first-order chi connectivity index (χ1) is 11.2. The number of benzene rings is 1. The van der Waals surface area contributed by atoms with E-state index in [1.54, 1.807) is 14.2 Å². The lowest BCUT2D eigenvalue weighted by Crippen LogP contribution is -2.23. The van der Waals surface area contributed by atoms with Gasteiger partial charge < -0.3 is 14.4 Å². The van der Waals surface area contributed by atoms with Gasteiger partial charge in [-0.3, -0.25) is 0 Å². The lowest BCUT2D eigenvalue weighted by atomic mass is 10.0. The topological polar surface area (TPSA) is 47.5 Å². The maximum Gasteiger partial charge on any atom is 0.205 e. The van der Waals surface area contributed by atoms with E-state index in [4.69, 9.17) is 9.47 Å². The van der Waals surface area contributed by atoms with Crippen LogP contribution in [0.1, 0.15) is 30.3 Å². The summed E-state index contributed by atoms with van der Waals surface area (Å²) in [7, 11) is 3.42. The summed E-state index contributed by atoms with van der Waals surface area (Å²) in [6.45, 7) is 1.65. The number of nitrogens with zero attached hydrogens (tertiary/aromatic N) is 3. The van der Waals surface area contributed by atoms with Crippen molar-refractivity contribution in [1.82, 2.24) is 9.36 Å². The lowest BCUT2D eigenvalue weighted by Gasteiger charge is -2.25. The second-order valence-corrected chi connectivity index (χ2v) is 7.12. The van der Waals surface area contributed by atoms with E-state index in [1.807, 2.05) is 12.1 Å². The number of ether oxygens (including phenoxy) is 2. The van der Waals surface area contributed by atoms with Crippen LogP contribution in [0.3, 0.4) is 0 Å². The minimum Gasteiger partial charge on any atom is -0.496 e. The summed E-state index contributed by atoms with van der Waals surface area (Å²) < 4.78 is 16.2. The zero-order valence-corrected chi connectivity index (χ0v) is 15.7. The molecule has 1 fully saturated rings. The van der Waals surface area contributed by atoms with Gasteiger partial charge in [-0.25, -0.2) is 4.98 Å². The van der Waals surface area contributed by atoms with Gasteiger partial charge in [0, 0.05) is 41.6 Å². The van der Waals surface area contributed by atoms with Gasteiger partial charge in [0.25, 0.3) is 0 Å². The van der Waals surface area contributed by atoms with E-state index in [2.05, 4.69) is 36.3 Å². The van der Waals surface area contributed by atoms with Gasteiger partial charge in [0.15, 0.2) is 0 Å². The molecule has 124 valence electrons. The van der Waals surface area contributed by atoms with E-state index < -0.39 is 0 Å². The molecule has 7 heteroatoms. The van der Waals surface area contributed by atoms with Crippen molar-refractivity contribution in [3.63, 3.8) is 0 Å². The summed E-state index contributed by atoms with van der Waals surface area (Å²) in [5, 5.41) is 0.987. The first-order valence-corrected chi connectivity index (χ1v) is 9.21. The Kier molecular flexibility index (Phi) is 5.50. The molecule has 1 unspecified atom stereocenters. The monoisotopic (exact) mass is 397 g/mol. The van der Waals surface area contributed by atoms with Gasteiger partial charge in [0.2, 0.25) is 5.13 Å². The van der Waals surface area contributed by atoms with E-state index in [9.17, 15) is 0 Å². The van der Waals surface area contributed by atoms with E-state index in [1.165, 1.54) is 17.1 Å². The third-order valence-corrected chi connectivity index (χ3v) is 5.32. The molecule has 0 amide bonds. The predicted molar refractivity (Wildman–Crippen MR) is 95.5 cm³/mol. The van der Waals surface area contributed by atoms with Crippen LogP contribution in [0.2, 0.25) is 0 Å². The van der Waals surface area contributed by atoms with Crippen LogP contribution in [0.15, 0.2) is 22.7 Å². The molecule has 2 aromatic rings. The molecule has 23 heavy (non-hydrogen) atoms. The molecular formula is C16H20BrN3O2S. The Labute approximate surface area is 148 Å². The number of aromatic nitrogens is 2. The second-order valence-electron chi connectivity index (χ2n) is 5.47. The summed E-state index contributed by atoms with van der Waals surface area (Å²) in [4.78, 5) is 7.03. The molecule has 5 nitrogen and oxygen atoms in total. The average molecular weight is 398 g/mol. The Hall–Kier alpha value is -1.18. The van der Waals surface area contributed by atoms with Crippen molar-refractivity contribution < 1.29 is 9.47 Å². The summed E-state index contributed by atoms with van der Waals surface area (Å²) in [6, 6.07) is 6.45. The molecule has 1 atom stereocenters. The predicted octanol–water partition coefficient (Wildman–Crippen LogP) is 3.84. The Bertz CT molecular complexity index is 665. The zero-order chi connectivity index (χ0) is 16.2. The summed E-state index contributed by atoms with van der Waals surface area (Å²) in [6.07, 6.45) is 3.00. The third kappa shape index (κ3) is 3.67. The molecule has 3 rings (SSSR count). The molecule has 0 bridgehead atoms. The highest BCUT2D eigenvalue weighted by molar-refractivity contribution is 9.10. The van der Waals surface area contributed by atoms with E-state index in [-0.39, 0.29) is 6.04 Å². The van der Waals surface area contributed by atoms with Crippen molar-refractivity contribution in [2.24, 2.45) is 0 Å². The van der Waals surface area contributed by atoms with Crippen LogP contribution in [0.5, 0.6) is 5.75 Å². The van der Waals surface area contributed by atoms with Crippen LogP contribution in [0, 0.1) is 0 Å². The number of rotatable bonds is 6. The van der Waals surface area contributed by atoms with E-state index in [0.29, 0.717) is 6.61 Å². The summed E-state index contributed by atoms with van der Waals surface area (Å²) in [5.74, 6) is 1.79. The maximum absolute atomic E-state index is 5.56. The van der Waals surface area contributed by atoms with Gasteiger partial charge in [-0.15, -0.1) is 0 Å². The van der Waals surface area contributed by atoms with Crippen LogP contribution >= 0.6 is 27.5 Å². The fraction of sp³-hybridized carbons (Fsp3) is 0.500. The molecule has 0 saturated carbocycles. The maximum atomic E-state index is 5.56. The van der Waals surface area contributed by atoms with Crippen LogP contribution in [-0.2, 0) is 11.2 Å². The number of hydrogen-bond acceptors (Lipinski definition) is 6. The normalized spacial score (nSPS) is 17.7. The van der Waals surface area contributed by atoms with Crippen molar-refractivity contribution in [2.45, 2.75) is 25.3 Å². The van der Waals surface area contributed by atoms with Gasteiger partial charge in [0.05, 0.1) is 19.8 Å². The van der Waals surface area contributed by atoms with Crippen LogP contribution in [-0.4, -0.2) is 36.7 Å². The van der Waals surface area contributed by atoms with Crippen molar-refractivity contribution in [3.8, 4) is 5.75 Å². The molecule has 1 aliphatic rings. The number of methoxy groups -OCH3 is 2. The average Bonchev–Trinajstić information content (AvgIpc) is 3.21.